The first-order valence-electron chi connectivity index (χ1n) is 6.04. The van der Waals surface area contributed by atoms with E-state index in [2.05, 4.69) is 4.98 Å². The molecule has 2 heterocycles. The fourth-order valence-electron chi connectivity index (χ4n) is 2.01. The van der Waals surface area contributed by atoms with Crippen LogP contribution in [0.3, 0.4) is 0 Å². The van der Waals surface area contributed by atoms with E-state index < -0.39 is 11.7 Å². The fraction of sp³-hybridized carbons (Fsp3) is 0.0667. The lowest BCUT2D eigenvalue weighted by molar-refractivity contribution is -0.137. The van der Waals surface area contributed by atoms with Gasteiger partial charge in [0, 0.05) is 18.0 Å². The maximum atomic E-state index is 12.7. The van der Waals surface area contributed by atoms with Crippen LogP contribution in [0.25, 0.3) is 16.9 Å². The van der Waals surface area contributed by atoms with Gasteiger partial charge in [0.05, 0.1) is 22.9 Å². The first-order chi connectivity index (χ1) is 9.97. The SMILES string of the molecule is N#Cc1ccc(-c2cn3cc(C(F)(F)F)ccc3n2)cc1. The predicted molar refractivity (Wildman–Crippen MR) is 70.3 cm³/mol. The molecule has 3 aromatic rings. The van der Waals surface area contributed by atoms with E-state index in [1.165, 1.54) is 16.7 Å². The molecule has 3 nitrogen and oxygen atoms in total. The highest BCUT2D eigenvalue weighted by Crippen LogP contribution is 2.30. The molecule has 0 unspecified atom stereocenters. The number of nitriles is 1. The number of nitrogens with zero attached hydrogens (tertiary/aromatic N) is 3. The average molecular weight is 287 g/mol. The van der Waals surface area contributed by atoms with Crippen molar-refractivity contribution in [2.24, 2.45) is 0 Å². The Balaban J connectivity index is 2.06. The largest absolute Gasteiger partial charge is 0.417 e. The van der Waals surface area contributed by atoms with Gasteiger partial charge in [0.25, 0.3) is 0 Å². The van der Waals surface area contributed by atoms with Crippen LogP contribution < -0.4 is 0 Å². The van der Waals surface area contributed by atoms with Gasteiger partial charge < -0.3 is 4.40 Å². The lowest BCUT2D eigenvalue weighted by Crippen LogP contribution is -2.05. The Morgan fingerprint density at radius 3 is 2.33 bits per heavy atom. The van der Waals surface area contributed by atoms with Crippen LogP contribution in [0.2, 0.25) is 0 Å². The van der Waals surface area contributed by atoms with Gasteiger partial charge in [-0.3, -0.25) is 0 Å². The van der Waals surface area contributed by atoms with Crippen LogP contribution in [-0.4, -0.2) is 9.38 Å². The summed E-state index contributed by atoms with van der Waals surface area (Å²) in [6, 6.07) is 11.0. The molecule has 0 radical (unpaired) electrons. The van der Waals surface area contributed by atoms with Crippen LogP contribution in [0.4, 0.5) is 13.2 Å². The lowest BCUT2D eigenvalue weighted by Gasteiger charge is -2.05. The van der Waals surface area contributed by atoms with Crippen molar-refractivity contribution in [1.82, 2.24) is 9.38 Å². The van der Waals surface area contributed by atoms with E-state index in [0.29, 0.717) is 16.9 Å². The maximum Gasteiger partial charge on any atom is 0.417 e. The number of imidazole rings is 1. The number of benzene rings is 1. The van der Waals surface area contributed by atoms with Crippen LogP contribution >= 0.6 is 0 Å². The van der Waals surface area contributed by atoms with Crippen molar-refractivity contribution in [3.63, 3.8) is 0 Å². The van der Waals surface area contributed by atoms with Gasteiger partial charge in [-0.15, -0.1) is 0 Å². The van der Waals surface area contributed by atoms with Gasteiger partial charge in [-0.05, 0) is 24.3 Å². The zero-order valence-corrected chi connectivity index (χ0v) is 10.6. The van der Waals surface area contributed by atoms with Crippen molar-refractivity contribution in [1.29, 1.82) is 5.26 Å². The summed E-state index contributed by atoms with van der Waals surface area (Å²) in [5, 5.41) is 8.74. The third-order valence-corrected chi connectivity index (χ3v) is 3.09. The molecule has 0 fully saturated rings. The first kappa shape index (κ1) is 13.2. The highest BCUT2D eigenvalue weighted by molar-refractivity contribution is 5.63. The summed E-state index contributed by atoms with van der Waals surface area (Å²) in [5.41, 5.74) is 1.52. The molecule has 0 aliphatic rings. The predicted octanol–water partition coefficient (Wildman–Crippen LogP) is 3.89. The molecule has 3 rings (SSSR count). The molecule has 6 heteroatoms. The molecular formula is C15H8F3N3. The maximum absolute atomic E-state index is 12.7. The van der Waals surface area contributed by atoms with Crippen molar-refractivity contribution >= 4 is 5.65 Å². The van der Waals surface area contributed by atoms with Gasteiger partial charge >= 0.3 is 6.18 Å². The average Bonchev–Trinajstić information content (AvgIpc) is 2.89. The van der Waals surface area contributed by atoms with Crippen molar-refractivity contribution in [2.75, 3.05) is 0 Å². The van der Waals surface area contributed by atoms with E-state index in [4.69, 9.17) is 5.26 Å². The Morgan fingerprint density at radius 1 is 1.00 bits per heavy atom. The molecule has 1 aromatic carbocycles. The number of pyridine rings is 1. The molecular weight excluding hydrogens is 279 g/mol. The highest BCUT2D eigenvalue weighted by atomic mass is 19.4. The van der Waals surface area contributed by atoms with Crippen LogP contribution in [0.5, 0.6) is 0 Å². The summed E-state index contributed by atoms with van der Waals surface area (Å²) in [6.07, 6.45) is -1.84. The van der Waals surface area contributed by atoms with Crippen LogP contribution in [0.15, 0.2) is 48.8 Å². The van der Waals surface area contributed by atoms with E-state index in [-0.39, 0.29) is 0 Å². The number of alkyl halides is 3. The summed E-state index contributed by atoms with van der Waals surface area (Å²) in [7, 11) is 0. The quantitative estimate of drug-likeness (QED) is 0.681. The van der Waals surface area contributed by atoms with E-state index >= 15 is 0 Å². The zero-order valence-electron chi connectivity index (χ0n) is 10.6. The molecule has 0 spiro atoms. The number of rotatable bonds is 1. The molecule has 0 N–H and O–H groups in total. The Labute approximate surface area is 117 Å². The van der Waals surface area contributed by atoms with E-state index in [9.17, 15) is 13.2 Å². The molecule has 0 amide bonds. The Bertz CT molecular complexity index is 839. The van der Waals surface area contributed by atoms with E-state index in [1.54, 1.807) is 24.3 Å². The zero-order chi connectivity index (χ0) is 15.0. The molecule has 0 aliphatic carbocycles. The van der Waals surface area contributed by atoms with Gasteiger partial charge in [-0.25, -0.2) is 4.98 Å². The monoisotopic (exact) mass is 287 g/mol. The minimum absolute atomic E-state index is 0.433. The lowest BCUT2D eigenvalue weighted by atomic mass is 10.1. The van der Waals surface area contributed by atoms with Crippen LogP contribution in [0, 0.1) is 11.3 Å². The first-order valence-corrected chi connectivity index (χ1v) is 6.04. The van der Waals surface area contributed by atoms with Crippen LogP contribution in [-0.2, 0) is 6.18 Å². The molecule has 104 valence electrons. The molecule has 2 aromatic heterocycles. The number of hydrogen-bond acceptors (Lipinski definition) is 2. The summed E-state index contributed by atoms with van der Waals surface area (Å²) in [6.45, 7) is 0. The van der Waals surface area contributed by atoms with Crippen molar-refractivity contribution in [3.8, 4) is 17.3 Å². The second-order valence-electron chi connectivity index (χ2n) is 4.50. The third-order valence-electron chi connectivity index (χ3n) is 3.09. The number of aromatic nitrogens is 2. The smallest absolute Gasteiger partial charge is 0.306 e. The second-order valence-corrected chi connectivity index (χ2v) is 4.50. The van der Waals surface area contributed by atoms with Gasteiger partial charge in [0.2, 0.25) is 0 Å². The number of halogens is 3. The summed E-state index contributed by atoms with van der Waals surface area (Å²) >= 11 is 0. The summed E-state index contributed by atoms with van der Waals surface area (Å²) < 4.78 is 39.3. The second kappa shape index (κ2) is 4.63. The standard InChI is InChI=1S/C15H8F3N3/c16-15(17,18)12-5-6-14-20-13(9-21(14)8-12)11-3-1-10(7-19)2-4-11/h1-6,8-9H. The normalized spacial score (nSPS) is 11.5. The van der Waals surface area contributed by atoms with Crippen molar-refractivity contribution in [3.05, 3.63) is 59.9 Å². The Morgan fingerprint density at radius 2 is 1.71 bits per heavy atom. The fourth-order valence-corrected chi connectivity index (χ4v) is 2.01. The molecule has 0 atom stereocenters. The van der Waals surface area contributed by atoms with Crippen molar-refractivity contribution in [2.45, 2.75) is 6.18 Å². The van der Waals surface area contributed by atoms with Gasteiger partial charge in [0.1, 0.15) is 5.65 Å². The summed E-state index contributed by atoms with van der Waals surface area (Å²) in [5.74, 6) is 0. The van der Waals surface area contributed by atoms with E-state index in [0.717, 1.165) is 17.8 Å². The number of hydrogen-bond donors (Lipinski definition) is 0. The van der Waals surface area contributed by atoms with Gasteiger partial charge in [-0.1, -0.05) is 12.1 Å². The topological polar surface area (TPSA) is 41.1 Å². The molecule has 21 heavy (non-hydrogen) atoms. The minimum Gasteiger partial charge on any atom is -0.306 e. The molecule has 0 saturated carbocycles. The van der Waals surface area contributed by atoms with Gasteiger partial charge in [-0.2, -0.15) is 18.4 Å². The Hall–Kier alpha value is -2.81. The minimum atomic E-state index is -4.38. The molecule has 0 saturated heterocycles. The molecule has 0 bridgehead atoms. The molecule has 0 aliphatic heterocycles. The van der Waals surface area contributed by atoms with Crippen molar-refractivity contribution < 1.29 is 13.2 Å². The number of fused-ring (bicyclic) bond motifs is 1. The highest BCUT2D eigenvalue weighted by Gasteiger charge is 2.30. The summed E-state index contributed by atoms with van der Waals surface area (Å²) in [4.78, 5) is 4.27. The third kappa shape index (κ3) is 2.46. The Kier molecular flexibility index (Phi) is 2.91. The van der Waals surface area contributed by atoms with Crippen LogP contribution in [0.1, 0.15) is 11.1 Å². The van der Waals surface area contributed by atoms with Gasteiger partial charge in [0.15, 0.2) is 0 Å². The van der Waals surface area contributed by atoms with E-state index in [1.807, 2.05) is 6.07 Å².